The second kappa shape index (κ2) is 7.94. The van der Waals surface area contributed by atoms with Gasteiger partial charge < -0.3 is 19.8 Å². The quantitative estimate of drug-likeness (QED) is 0.429. The zero-order valence-electron chi connectivity index (χ0n) is 18.6. The third kappa shape index (κ3) is 3.32. The molecule has 0 spiro atoms. The topological polar surface area (TPSA) is 77.0 Å². The lowest BCUT2D eigenvalue weighted by atomic mass is 9.93. The monoisotopic (exact) mass is 439 g/mol. The molecular weight excluding hydrogens is 414 g/mol. The first-order valence-corrected chi connectivity index (χ1v) is 11.1. The van der Waals surface area contributed by atoms with Gasteiger partial charge in [0.15, 0.2) is 0 Å². The molecule has 0 fully saturated rings. The van der Waals surface area contributed by atoms with E-state index in [1.807, 2.05) is 41.1 Å². The number of nitrogens with one attached hydrogen (secondary N) is 2. The van der Waals surface area contributed by atoms with E-state index in [1.165, 1.54) is 22.2 Å². The molecule has 3 aromatic carbocycles. The molecule has 2 N–H and O–H groups in total. The molecule has 5 aromatic rings. The molecule has 0 radical (unpaired) electrons. The fourth-order valence-electron chi connectivity index (χ4n) is 4.92. The smallest absolute Gasteiger partial charge is 0.123 e. The molecule has 0 bridgehead atoms. The number of aromatic amines is 1. The molecule has 0 saturated carbocycles. The van der Waals surface area contributed by atoms with Crippen molar-refractivity contribution in [1.29, 1.82) is 0 Å². The van der Waals surface area contributed by atoms with Crippen LogP contribution >= 0.6 is 0 Å². The Balaban J connectivity index is 1.41. The molecule has 33 heavy (non-hydrogen) atoms. The molecule has 1 aliphatic heterocycles. The van der Waals surface area contributed by atoms with Crippen LogP contribution in [0.5, 0.6) is 11.5 Å². The minimum absolute atomic E-state index is 0.0734. The molecule has 0 saturated heterocycles. The molecule has 2 aromatic heterocycles. The lowest BCUT2D eigenvalue weighted by Crippen LogP contribution is -2.30. The standard InChI is InChI=1S/C26H25N5O2/c1-32-18-8-9-21-20(14-18)19-11-12-27-25(26(19)28-21)16-7-10-24(33-2)17(13-16)15-31-23-6-4-3-5-22(23)29-30-31/h3-10,13-14,25,27-28H,11-12,15H2,1-2H3. The van der Waals surface area contributed by atoms with Crippen molar-refractivity contribution in [3.8, 4) is 11.5 Å². The van der Waals surface area contributed by atoms with Crippen molar-refractivity contribution in [3.05, 3.63) is 83.0 Å². The number of ether oxygens (including phenoxy) is 2. The van der Waals surface area contributed by atoms with E-state index in [2.05, 4.69) is 44.9 Å². The van der Waals surface area contributed by atoms with E-state index in [-0.39, 0.29) is 6.04 Å². The predicted octanol–water partition coefficient (Wildman–Crippen LogP) is 4.21. The fraction of sp³-hybridized carbons (Fsp3) is 0.231. The maximum Gasteiger partial charge on any atom is 0.123 e. The first-order chi connectivity index (χ1) is 16.2. The van der Waals surface area contributed by atoms with Gasteiger partial charge >= 0.3 is 0 Å². The molecule has 7 nitrogen and oxygen atoms in total. The van der Waals surface area contributed by atoms with Crippen LogP contribution < -0.4 is 14.8 Å². The minimum Gasteiger partial charge on any atom is -0.497 e. The van der Waals surface area contributed by atoms with E-state index in [0.29, 0.717) is 6.54 Å². The van der Waals surface area contributed by atoms with Gasteiger partial charge in [-0.05, 0) is 60.0 Å². The second-order valence-electron chi connectivity index (χ2n) is 8.37. The Kier molecular flexibility index (Phi) is 4.77. The van der Waals surface area contributed by atoms with Crippen molar-refractivity contribution in [2.45, 2.75) is 19.0 Å². The van der Waals surface area contributed by atoms with E-state index < -0.39 is 0 Å². The molecule has 1 aliphatic rings. The van der Waals surface area contributed by atoms with Crippen molar-refractivity contribution in [3.63, 3.8) is 0 Å². The number of nitrogens with zero attached hydrogens (tertiary/aromatic N) is 3. The van der Waals surface area contributed by atoms with Gasteiger partial charge in [-0.2, -0.15) is 0 Å². The zero-order chi connectivity index (χ0) is 22.4. The number of methoxy groups -OCH3 is 2. The molecule has 1 unspecified atom stereocenters. The van der Waals surface area contributed by atoms with Gasteiger partial charge in [-0.15, -0.1) is 5.10 Å². The van der Waals surface area contributed by atoms with Gasteiger partial charge in [0, 0.05) is 28.7 Å². The third-order valence-electron chi connectivity index (χ3n) is 6.54. The van der Waals surface area contributed by atoms with Crippen LogP contribution in [-0.4, -0.2) is 40.7 Å². The first kappa shape index (κ1) is 19.8. The summed E-state index contributed by atoms with van der Waals surface area (Å²) >= 11 is 0. The number of hydrogen-bond donors (Lipinski definition) is 2. The molecule has 6 rings (SSSR count). The van der Waals surface area contributed by atoms with Gasteiger partial charge in [0.1, 0.15) is 17.0 Å². The number of aromatic nitrogens is 4. The van der Waals surface area contributed by atoms with E-state index in [0.717, 1.165) is 46.6 Å². The van der Waals surface area contributed by atoms with Crippen LogP contribution in [0.15, 0.2) is 60.7 Å². The number of H-pyrrole nitrogens is 1. The van der Waals surface area contributed by atoms with Gasteiger partial charge in [0.25, 0.3) is 0 Å². The number of benzene rings is 3. The van der Waals surface area contributed by atoms with Crippen LogP contribution in [-0.2, 0) is 13.0 Å². The molecule has 1 atom stereocenters. The summed E-state index contributed by atoms with van der Waals surface area (Å²) < 4.78 is 13.1. The lowest BCUT2D eigenvalue weighted by Gasteiger charge is -2.25. The first-order valence-electron chi connectivity index (χ1n) is 11.1. The Morgan fingerprint density at radius 1 is 1.03 bits per heavy atom. The zero-order valence-corrected chi connectivity index (χ0v) is 18.6. The molecular formula is C26H25N5O2. The summed E-state index contributed by atoms with van der Waals surface area (Å²) in [4.78, 5) is 3.66. The molecule has 3 heterocycles. The highest BCUT2D eigenvalue weighted by molar-refractivity contribution is 5.86. The molecule has 7 heteroatoms. The Morgan fingerprint density at radius 3 is 2.82 bits per heavy atom. The molecule has 166 valence electrons. The SMILES string of the molecule is COc1ccc2[nH]c3c(c2c1)CCNC3c1ccc(OC)c(Cn2nnc3ccccc32)c1. The van der Waals surface area contributed by atoms with Crippen LogP contribution in [0.25, 0.3) is 21.9 Å². The highest BCUT2D eigenvalue weighted by Crippen LogP contribution is 2.36. The van der Waals surface area contributed by atoms with E-state index in [1.54, 1.807) is 14.2 Å². The van der Waals surface area contributed by atoms with E-state index in [4.69, 9.17) is 9.47 Å². The Bertz CT molecular complexity index is 1470. The number of hydrogen-bond acceptors (Lipinski definition) is 5. The Morgan fingerprint density at radius 2 is 1.94 bits per heavy atom. The highest BCUT2D eigenvalue weighted by Gasteiger charge is 2.26. The van der Waals surface area contributed by atoms with Crippen molar-refractivity contribution in [1.82, 2.24) is 25.3 Å². The summed E-state index contributed by atoms with van der Waals surface area (Å²) in [6.07, 6.45) is 0.979. The van der Waals surface area contributed by atoms with E-state index in [9.17, 15) is 0 Å². The largest absolute Gasteiger partial charge is 0.497 e. The van der Waals surface area contributed by atoms with Gasteiger partial charge in [-0.3, -0.25) is 0 Å². The fourth-order valence-corrected chi connectivity index (χ4v) is 4.92. The number of para-hydroxylation sites is 1. The molecule has 0 amide bonds. The van der Waals surface area contributed by atoms with Crippen molar-refractivity contribution in [2.24, 2.45) is 0 Å². The average molecular weight is 440 g/mol. The predicted molar refractivity (Wildman–Crippen MR) is 128 cm³/mol. The van der Waals surface area contributed by atoms with Crippen molar-refractivity contribution in [2.75, 3.05) is 20.8 Å². The molecule has 0 aliphatic carbocycles. The van der Waals surface area contributed by atoms with Crippen LogP contribution in [0.2, 0.25) is 0 Å². The van der Waals surface area contributed by atoms with Gasteiger partial charge in [-0.25, -0.2) is 4.68 Å². The highest BCUT2D eigenvalue weighted by atomic mass is 16.5. The van der Waals surface area contributed by atoms with E-state index >= 15 is 0 Å². The van der Waals surface area contributed by atoms with Crippen LogP contribution in [0.1, 0.15) is 28.4 Å². The van der Waals surface area contributed by atoms with Crippen LogP contribution in [0.3, 0.4) is 0 Å². The van der Waals surface area contributed by atoms with Crippen molar-refractivity contribution >= 4 is 21.9 Å². The summed E-state index contributed by atoms with van der Waals surface area (Å²) in [5.41, 5.74) is 7.86. The van der Waals surface area contributed by atoms with Gasteiger partial charge in [0.2, 0.25) is 0 Å². The van der Waals surface area contributed by atoms with Crippen LogP contribution in [0.4, 0.5) is 0 Å². The Labute approximate surface area is 191 Å². The third-order valence-corrected chi connectivity index (χ3v) is 6.54. The minimum atomic E-state index is 0.0734. The normalized spacial score (nSPS) is 15.6. The Hall–Kier alpha value is -3.84. The maximum absolute atomic E-state index is 5.69. The van der Waals surface area contributed by atoms with Crippen molar-refractivity contribution < 1.29 is 9.47 Å². The van der Waals surface area contributed by atoms with Gasteiger partial charge in [-0.1, -0.05) is 23.4 Å². The second-order valence-corrected chi connectivity index (χ2v) is 8.37. The maximum atomic E-state index is 5.69. The van der Waals surface area contributed by atoms with Crippen LogP contribution in [0, 0.1) is 0 Å². The number of rotatable bonds is 5. The average Bonchev–Trinajstić information content (AvgIpc) is 3.45. The van der Waals surface area contributed by atoms with Gasteiger partial charge in [0.05, 0.1) is 32.3 Å². The lowest BCUT2D eigenvalue weighted by molar-refractivity contribution is 0.407. The summed E-state index contributed by atoms with van der Waals surface area (Å²) in [7, 11) is 3.42. The summed E-state index contributed by atoms with van der Waals surface area (Å²) in [5.74, 6) is 1.72. The summed E-state index contributed by atoms with van der Waals surface area (Å²) in [5, 5.41) is 13.6. The number of fused-ring (bicyclic) bond motifs is 4. The summed E-state index contributed by atoms with van der Waals surface area (Å²) in [6.45, 7) is 1.50. The summed E-state index contributed by atoms with van der Waals surface area (Å²) in [6, 6.07) is 20.7.